The third-order valence-corrected chi connectivity index (χ3v) is 38.5. The molecule has 0 N–H and O–H groups in total. The van der Waals surface area contributed by atoms with Gasteiger partial charge in [-0.15, -0.1) is 0 Å². The summed E-state index contributed by atoms with van der Waals surface area (Å²) in [5.74, 6) is 2.08. The Morgan fingerprint density at radius 2 is 0.437 bits per heavy atom. The molecule has 23 aromatic rings. The van der Waals surface area contributed by atoms with Gasteiger partial charge in [0.25, 0.3) is 0 Å². The van der Waals surface area contributed by atoms with Crippen LogP contribution in [-0.4, -0.2) is 24.2 Å². The molecule has 14 heteroatoms. The summed E-state index contributed by atoms with van der Waals surface area (Å²) in [5.41, 5.74) is 20.5. The zero-order valence-corrected chi connectivity index (χ0v) is 81.6. The Morgan fingerprint density at radius 1 is 0.204 bits per heavy atom. The maximum atomic E-state index is 13.9. The zero-order chi connectivity index (χ0) is 105. The van der Waals surface area contributed by atoms with E-state index in [2.05, 4.69) is 295 Å². The second-order valence-corrected chi connectivity index (χ2v) is 50.3. The fourth-order valence-electron chi connectivity index (χ4n) is 21.4. The minimum Gasteiger partial charge on any atom is -0.456 e. The highest BCUT2D eigenvalue weighted by Gasteiger charge is 2.46. The minimum atomic E-state index is -2.47. The molecule has 0 fully saturated rings. The van der Waals surface area contributed by atoms with E-state index in [-0.39, 0.29) is 47.2 Å². The molecule has 0 radical (unpaired) electrons. The maximum absolute atomic E-state index is 13.9. The number of rotatable bonds is 18. The normalized spacial score (nSPS) is 13.9. The van der Waals surface area contributed by atoms with Crippen molar-refractivity contribution >= 4 is 212 Å². The molecular formula is C128H98F2N6O3Si3. The fourth-order valence-corrected chi connectivity index (χ4v) is 31.2. The van der Waals surface area contributed by atoms with Crippen LogP contribution in [-0.2, 0) is 0 Å². The number of hydrogen-bond donors (Lipinski definition) is 0. The maximum Gasteiger partial charge on any atom is 0.135 e. The van der Waals surface area contributed by atoms with Crippen molar-refractivity contribution in [2.24, 2.45) is 0 Å². The number of fused-ring (bicyclic) bond motifs is 17. The smallest absolute Gasteiger partial charge is 0.135 e. The largest absolute Gasteiger partial charge is 0.456 e. The van der Waals surface area contributed by atoms with Crippen LogP contribution in [0.2, 0.25) is 39.3 Å². The standard InChI is InChI=1S/C48H36N2OSi.C40H30F2N2OSi.C40H32N2OSi/c1-52(2)46-30-28-38(50(36-21-7-4-8-22-36)44-26-14-18-34-16-10-12-24-40(34)44)32-42(46)47-48(52)41-31-37(27-29-45(41)51-47)49(35-19-5-3-6-20-35)43-25-13-17-33-15-9-11-23-39(33)43;1-46(2)38-24-22-34(44(30-11-7-4-8-12-30)32-19-15-28(42)16-20-32)26-36(38)39-40(46)35-25-33(21-23-37(35)45-39)43(29-9-5-3-6-10-29)31-17-13-27(41)14-18-31;1-44(2)38-26-24-34(42(31-19-11-5-12-20-31)32-21-13-6-14-22-32)28-36(38)39-40(44)35-27-33(23-25-37(35)43-39)41(29-15-7-3-8-16-29)30-17-9-4-10-18-30/h3-32H,1-2H3;3-26H,1-2H3;3-28H,1-2H3/i;;3D,5D,7D,8D,11D,12D,15D,16D,19D,20D. The van der Waals surface area contributed by atoms with Crippen LogP contribution in [0.5, 0.6) is 0 Å². The Labute approximate surface area is 841 Å². The van der Waals surface area contributed by atoms with Gasteiger partial charge in [-0.1, -0.05) is 276 Å². The predicted molar refractivity (Wildman–Crippen MR) is 598 cm³/mol. The van der Waals surface area contributed by atoms with Crippen LogP contribution in [0.15, 0.2) is 498 Å². The average molecular weight is 1900 g/mol. The number of benzene rings is 20. The molecule has 684 valence electrons. The van der Waals surface area contributed by atoms with E-state index in [1.54, 1.807) is 9.80 Å². The highest BCUT2D eigenvalue weighted by molar-refractivity contribution is 7.06. The molecular weight excluding hydrogens is 1790 g/mol. The molecule has 142 heavy (non-hydrogen) atoms. The molecule has 20 aromatic carbocycles. The van der Waals surface area contributed by atoms with E-state index >= 15 is 0 Å². The quantitative estimate of drug-likeness (QED) is 0.0782. The van der Waals surface area contributed by atoms with E-state index < -0.39 is 60.5 Å². The van der Waals surface area contributed by atoms with Gasteiger partial charge in [0.15, 0.2) is 0 Å². The van der Waals surface area contributed by atoms with Crippen molar-refractivity contribution in [1.82, 2.24) is 0 Å². The summed E-state index contributed by atoms with van der Waals surface area (Å²) in [6.45, 7) is 14.2. The summed E-state index contributed by atoms with van der Waals surface area (Å²) in [5, 5.41) is 15.6. The molecule has 0 atom stereocenters. The van der Waals surface area contributed by atoms with Crippen molar-refractivity contribution < 1.29 is 35.7 Å². The Bertz CT molecular complexity index is 9300. The number of para-hydroxylation sites is 8. The van der Waals surface area contributed by atoms with Gasteiger partial charge in [0, 0.05) is 135 Å². The first-order chi connectivity index (χ1) is 73.7. The van der Waals surface area contributed by atoms with Crippen LogP contribution >= 0.6 is 0 Å². The lowest BCUT2D eigenvalue weighted by atomic mass is 10.1. The van der Waals surface area contributed by atoms with Crippen molar-refractivity contribution in [1.29, 1.82) is 0 Å². The number of nitrogens with zero attached hydrogens (tertiary/aromatic N) is 6. The third kappa shape index (κ3) is 15.5. The molecule has 0 amide bonds. The second kappa shape index (κ2) is 36.0. The molecule has 0 aliphatic carbocycles. The molecule has 0 unspecified atom stereocenters. The van der Waals surface area contributed by atoms with Gasteiger partial charge in [-0.25, -0.2) is 8.78 Å². The van der Waals surface area contributed by atoms with E-state index in [1.165, 1.54) is 77.5 Å². The monoisotopic (exact) mass is 1900 g/mol. The van der Waals surface area contributed by atoms with E-state index in [0.717, 1.165) is 123 Å². The molecule has 9 nitrogen and oxygen atoms in total. The molecule has 0 bridgehead atoms. The summed E-state index contributed by atoms with van der Waals surface area (Å²) in [6.07, 6.45) is 0. The Hall–Kier alpha value is -17.1. The van der Waals surface area contributed by atoms with Crippen molar-refractivity contribution in [3.8, 4) is 34.0 Å². The SMILES string of the molecule is C[Si]1(C)c2ccc(N(c3ccccc3)c3ccc(F)cc3)cc2-c2oc3ccc(N(c4ccccc4)c4ccc(F)cc4)cc3c21.C[Si]1(C)c2ccc(N(c3ccccc3)c3cccc4ccccc34)cc2-c2oc3ccc(N(c4ccccc4)c4cccc5ccccc45)cc3c21.[2H]c1c([2H])c([2H])c(N(c2ccccc2)c2ccc3c(c2)-c2oc4ccc(N(c5ccccc5)c5c([2H])c([2H])c([2H])c([2H])c5[2H])cc4c2[Si]3(C)C)c([2H])c1[2H]. The zero-order valence-electron chi connectivity index (χ0n) is 88.6. The number of halogens is 2. The van der Waals surface area contributed by atoms with Gasteiger partial charge in [0.1, 0.15) is 69.9 Å². The highest BCUT2D eigenvalue weighted by atomic mass is 28.3. The first-order valence-corrected chi connectivity index (χ1v) is 56.6. The van der Waals surface area contributed by atoms with Crippen LogP contribution in [0.25, 0.3) is 88.4 Å². The van der Waals surface area contributed by atoms with Gasteiger partial charge in [-0.2, -0.15) is 0 Å². The average Bonchev–Trinajstić information content (AvgIpc) is 1.58. The van der Waals surface area contributed by atoms with Gasteiger partial charge in [0.2, 0.25) is 0 Å². The summed E-state index contributed by atoms with van der Waals surface area (Å²) in [6, 6.07) is 138. The van der Waals surface area contributed by atoms with Crippen LogP contribution < -0.4 is 60.5 Å². The highest BCUT2D eigenvalue weighted by Crippen LogP contribution is 2.50. The lowest BCUT2D eigenvalue weighted by Crippen LogP contribution is -2.49. The van der Waals surface area contributed by atoms with E-state index in [0.29, 0.717) is 34.1 Å². The van der Waals surface area contributed by atoms with Gasteiger partial charge in [-0.3, -0.25) is 0 Å². The Kier molecular flexibility index (Phi) is 19.5. The molecule has 3 aromatic heterocycles. The van der Waals surface area contributed by atoms with Crippen LogP contribution in [0.4, 0.5) is 111 Å². The number of furan rings is 3. The summed E-state index contributed by atoms with van der Waals surface area (Å²) in [4.78, 5) is 12.4. The van der Waals surface area contributed by atoms with Gasteiger partial charge in [-0.05, 0) is 291 Å². The van der Waals surface area contributed by atoms with E-state index in [9.17, 15) is 8.78 Å². The minimum absolute atomic E-state index is 0.0322. The van der Waals surface area contributed by atoms with E-state index in [1.807, 2.05) is 164 Å². The first kappa shape index (κ1) is 76.9. The molecule has 6 heterocycles. The lowest BCUT2D eigenvalue weighted by molar-refractivity contribution is 0.627. The Balaban J connectivity index is 0.000000121. The van der Waals surface area contributed by atoms with Gasteiger partial charge >= 0.3 is 0 Å². The predicted octanol–water partition coefficient (Wildman–Crippen LogP) is 33.1. The lowest BCUT2D eigenvalue weighted by Gasteiger charge is -2.28. The van der Waals surface area contributed by atoms with Crippen LogP contribution in [0, 0.1) is 11.6 Å². The molecule has 3 aliphatic heterocycles. The topological polar surface area (TPSA) is 58.9 Å². The van der Waals surface area contributed by atoms with Crippen LogP contribution in [0.1, 0.15) is 13.7 Å². The van der Waals surface area contributed by atoms with Gasteiger partial charge < -0.3 is 42.7 Å². The number of hydrogen-bond acceptors (Lipinski definition) is 9. The number of anilines is 18. The molecule has 0 saturated heterocycles. The molecule has 0 saturated carbocycles. The second-order valence-electron chi connectivity index (χ2n) is 37.4. The van der Waals surface area contributed by atoms with E-state index in [4.69, 9.17) is 27.0 Å². The third-order valence-electron chi connectivity index (χ3n) is 27.9. The summed E-state index contributed by atoms with van der Waals surface area (Å²) < 4.78 is 133. The van der Waals surface area contributed by atoms with Crippen molar-refractivity contribution in [3.05, 3.63) is 497 Å². The summed E-state index contributed by atoms with van der Waals surface area (Å²) in [7, 11) is -6.78. The first-order valence-electron chi connectivity index (χ1n) is 52.6. The Morgan fingerprint density at radius 3 is 0.746 bits per heavy atom. The molecule has 3 aliphatic rings. The fraction of sp³-hybridized carbons (Fsp3) is 0.0469. The molecule has 0 spiro atoms. The van der Waals surface area contributed by atoms with Crippen LogP contribution in [0.3, 0.4) is 0 Å². The summed E-state index contributed by atoms with van der Waals surface area (Å²) >= 11 is 0. The van der Waals surface area contributed by atoms with Crippen molar-refractivity contribution in [2.45, 2.75) is 39.3 Å². The van der Waals surface area contributed by atoms with Gasteiger partial charge in [0.05, 0.1) is 25.1 Å². The molecule has 26 rings (SSSR count). The van der Waals surface area contributed by atoms with Crippen molar-refractivity contribution in [3.63, 3.8) is 0 Å². The van der Waals surface area contributed by atoms with Crippen molar-refractivity contribution in [2.75, 3.05) is 29.4 Å².